The van der Waals surface area contributed by atoms with Crippen LogP contribution in [0.5, 0.6) is 5.75 Å². The van der Waals surface area contributed by atoms with Gasteiger partial charge >= 0.3 is 59.1 Å². The van der Waals surface area contributed by atoms with Gasteiger partial charge in [0.2, 0.25) is 0 Å². The van der Waals surface area contributed by atoms with E-state index in [2.05, 4.69) is 30.7 Å². The molecule has 0 saturated heterocycles. The first-order chi connectivity index (χ1) is 25.1. The molecule has 0 amide bonds. The number of anilines is 3. The zero-order valence-corrected chi connectivity index (χ0v) is 35.1. The number of rotatable bonds is 9. The Balaban J connectivity index is 0.00000336. The van der Waals surface area contributed by atoms with E-state index in [1.807, 2.05) is 0 Å². The van der Waals surface area contributed by atoms with Gasteiger partial charge in [0.1, 0.15) is 37.3 Å². The summed E-state index contributed by atoms with van der Waals surface area (Å²) in [5, 5.41) is 36.0. The number of hydrogen-bond donors (Lipinski definition) is 4. The Labute approximate surface area is 359 Å². The third-order valence-electron chi connectivity index (χ3n) is 7.91. The van der Waals surface area contributed by atoms with Gasteiger partial charge in [0, 0.05) is 11.1 Å². The number of fused-ring (bicyclic) bond motifs is 1. The fourth-order valence-corrected chi connectivity index (χ4v) is 6.21. The molecule has 0 bridgehead atoms. The number of aromatic hydroxyl groups is 1. The van der Waals surface area contributed by atoms with E-state index in [1.54, 1.807) is 61.5 Å². The summed E-state index contributed by atoms with van der Waals surface area (Å²) >= 11 is 0. The Bertz CT molecular complexity index is 2710. The van der Waals surface area contributed by atoms with Gasteiger partial charge in [0.25, 0.3) is 0 Å². The maximum atomic E-state index is 12.0. The van der Waals surface area contributed by atoms with Crippen LogP contribution in [0.4, 0.5) is 51.2 Å². The topological polar surface area (TPSA) is 287 Å². The van der Waals surface area contributed by atoms with E-state index in [0.717, 1.165) is 29.3 Å². The van der Waals surface area contributed by atoms with Crippen LogP contribution in [0, 0.1) is 6.92 Å². The summed E-state index contributed by atoms with van der Waals surface area (Å²) in [6.07, 6.45) is 0. The predicted octanol–water partition coefficient (Wildman–Crippen LogP) is 2.33. The van der Waals surface area contributed by atoms with E-state index in [-0.39, 0.29) is 92.9 Å². The van der Waals surface area contributed by atoms with Crippen LogP contribution >= 0.6 is 0 Å². The summed E-state index contributed by atoms with van der Waals surface area (Å²) in [6.45, 7) is 1.74. The van der Waals surface area contributed by atoms with Crippen molar-refractivity contribution in [1.82, 2.24) is 0 Å². The number of nitrogen functional groups attached to an aromatic ring is 3. The van der Waals surface area contributed by atoms with Gasteiger partial charge in [0.05, 0.1) is 38.2 Å². The Morgan fingerprint density at radius 1 is 0.564 bits per heavy atom. The second-order valence-electron chi connectivity index (χ2n) is 11.5. The van der Waals surface area contributed by atoms with Crippen molar-refractivity contribution in [1.29, 1.82) is 0 Å². The molecule has 7 N–H and O–H groups in total. The summed E-state index contributed by atoms with van der Waals surface area (Å²) in [4.78, 5) is -1.11. The average Bonchev–Trinajstić information content (AvgIpc) is 3.12. The molecule has 0 saturated carbocycles. The van der Waals surface area contributed by atoms with Gasteiger partial charge in [-0.2, -0.15) is 15.3 Å². The largest absolute Gasteiger partial charge is 1.00 e. The van der Waals surface area contributed by atoms with E-state index >= 15 is 0 Å². The second-order valence-corrected chi connectivity index (χ2v) is 14.3. The molecule has 55 heavy (non-hydrogen) atoms. The third kappa shape index (κ3) is 9.99. The number of nitrogens with two attached hydrogens (primary N) is 3. The van der Waals surface area contributed by atoms with Crippen molar-refractivity contribution in [2.45, 2.75) is 16.7 Å². The maximum absolute atomic E-state index is 12.0. The van der Waals surface area contributed by atoms with Crippen LogP contribution in [0.2, 0.25) is 0 Å². The molecule has 20 heteroatoms. The molecule has 0 atom stereocenters. The Kier molecular flexibility index (Phi) is 13.7. The summed E-state index contributed by atoms with van der Waals surface area (Å²) in [5.74, 6) is -0.539. The van der Waals surface area contributed by atoms with Crippen LogP contribution in [0.15, 0.2) is 144 Å². The van der Waals surface area contributed by atoms with Crippen LogP contribution in [0.3, 0.4) is 0 Å². The van der Waals surface area contributed by atoms with Gasteiger partial charge in [-0.3, -0.25) is 0 Å². The van der Waals surface area contributed by atoms with E-state index < -0.39 is 41.5 Å². The van der Waals surface area contributed by atoms with Crippen LogP contribution in [0.1, 0.15) is 5.56 Å². The van der Waals surface area contributed by atoms with E-state index in [1.165, 1.54) is 30.3 Å². The van der Waals surface area contributed by atoms with Crippen LogP contribution in [-0.4, -0.2) is 31.0 Å². The zero-order valence-electron chi connectivity index (χ0n) is 29.4. The molecule has 0 heterocycles. The van der Waals surface area contributed by atoms with Crippen LogP contribution < -0.4 is 76.3 Å². The van der Waals surface area contributed by atoms with Crippen molar-refractivity contribution in [2.24, 2.45) is 30.7 Å². The van der Waals surface area contributed by atoms with Crippen LogP contribution in [-0.2, 0) is 20.2 Å². The fraction of sp³-hybridized carbons (Fsp3) is 0.0286. The summed E-state index contributed by atoms with van der Waals surface area (Å²) in [6, 6.07) is 25.9. The molecule has 0 aliphatic heterocycles. The molecule has 0 fully saturated rings. The normalized spacial score (nSPS) is 12.0. The quantitative estimate of drug-likeness (QED) is 0.0717. The Morgan fingerprint density at radius 2 is 1.05 bits per heavy atom. The molecular formula is C35H27N9Na2O7S2. The molecule has 16 nitrogen and oxygen atoms in total. The minimum atomic E-state index is -5.00. The zero-order chi connectivity index (χ0) is 38.1. The van der Waals surface area contributed by atoms with E-state index in [9.17, 15) is 31.0 Å². The molecule has 268 valence electrons. The molecule has 6 rings (SSSR count). The van der Waals surface area contributed by atoms with Crippen molar-refractivity contribution >= 4 is 82.2 Å². The number of hydrogen-bond acceptors (Lipinski definition) is 16. The molecular weight excluding hydrogens is 769 g/mol. The Hall–Kier alpha value is -4.60. The van der Waals surface area contributed by atoms with Gasteiger partial charge in [-0.25, -0.2) is 16.8 Å². The minimum Gasteiger partial charge on any atom is -0.744 e. The summed E-state index contributed by atoms with van der Waals surface area (Å²) < 4.78 is 69.4. The van der Waals surface area contributed by atoms with Crippen molar-refractivity contribution in [2.75, 3.05) is 17.2 Å². The standard InChI is InChI=1S/C35H29N9O7S2.2Na/c1-19-16-29(42-39-26-12-14-27(15-13-26)52(46,47)48)32(38)34(31(19)37)44-41-25-10-5-21(6-11-25)20-3-8-24(9-4-20)40-43-33-30(53(49,50)51)17-22-2-7-23(36)18-28(22)35(33)45;;/h2-18,45H,36-38H2,1H3,(H,46,47,48)(H,49,50,51);;/q;2*+1/p-2. The van der Waals surface area contributed by atoms with E-state index in [0.29, 0.717) is 28.0 Å². The number of benzene rings is 6. The minimum absolute atomic E-state index is 0. The first-order valence-corrected chi connectivity index (χ1v) is 18.1. The summed E-state index contributed by atoms with van der Waals surface area (Å²) in [5.41, 5.74) is 22.3. The smallest absolute Gasteiger partial charge is 0.744 e. The van der Waals surface area contributed by atoms with E-state index in [4.69, 9.17) is 17.2 Å². The van der Waals surface area contributed by atoms with Crippen molar-refractivity contribution in [3.05, 3.63) is 109 Å². The Morgan fingerprint density at radius 3 is 1.56 bits per heavy atom. The molecule has 0 spiro atoms. The second kappa shape index (κ2) is 17.5. The van der Waals surface area contributed by atoms with Crippen molar-refractivity contribution in [3.63, 3.8) is 0 Å². The van der Waals surface area contributed by atoms with Gasteiger partial charge in [-0.05, 0) is 102 Å². The molecule has 6 aromatic rings. The monoisotopic (exact) mass is 795 g/mol. The first kappa shape index (κ1) is 43.1. The molecule has 0 aromatic heterocycles. The first-order valence-electron chi connectivity index (χ1n) is 15.3. The van der Waals surface area contributed by atoms with Crippen molar-refractivity contribution < 1.29 is 90.2 Å². The molecule has 0 unspecified atom stereocenters. The van der Waals surface area contributed by atoms with Gasteiger partial charge in [-0.15, -0.1) is 15.3 Å². The molecule has 6 aromatic carbocycles. The van der Waals surface area contributed by atoms with Gasteiger partial charge < -0.3 is 31.4 Å². The number of azo groups is 3. The van der Waals surface area contributed by atoms with Gasteiger partial charge in [-0.1, -0.05) is 30.3 Å². The number of aryl methyl sites for hydroxylation is 1. The average molecular weight is 796 g/mol. The third-order valence-corrected chi connectivity index (χ3v) is 9.61. The molecule has 0 radical (unpaired) electrons. The predicted molar refractivity (Wildman–Crippen MR) is 197 cm³/mol. The van der Waals surface area contributed by atoms with Crippen LogP contribution in [0.25, 0.3) is 21.9 Å². The SMILES string of the molecule is Cc1cc(N=Nc2ccc(S(=O)(=O)[O-])cc2)c(N)c(N=Nc2ccc(-c3ccc(N=Nc4c(S(=O)(=O)[O-])cc5ccc(N)cc5c4O)cc3)cc2)c1N.[Na+].[Na+]. The van der Waals surface area contributed by atoms with Gasteiger partial charge in [0.15, 0.2) is 5.75 Å². The maximum Gasteiger partial charge on any atom is 1.00 e. The fourth-order valence-electron chi connectivity index (χ4n) is 5.10. The molecule has 0 aliphatic rings. The number of phenolic OH excluding ortho intramolecular Hbond substituents is 1. The number of phenols is 1. The molecule has 0 aliphatic carbocycles. The van der Waals surface area contributed by atoms with Crippen molar-refractivity contribution in [3.8, 4) is 16.9 Å². The summed E-state index contributed by atoms with van der Waals surface area (Å²) in [7, 11) is -9.60. The number of nitrogens with zero attached hydrogens (tertiary/aromatic N) is 6.